The molecule has 168 valence electrons. The number of fused-ring (bicyclic) bond motifs is 1. The molecule has 30 heavy (non-hydrogen) atoms. The van der Waals surface area contributed by atoms with E-state index in [2.05, 4.69) is 0 Å². The minimum absolute atomic E-state index is 0.0504. The van der Waals surface area contributed by atoms with E-state index >= 15 is 0 Å². The van der Waals surface area contributed by atoms with E-state index in [1.54, 1.807) is 0 Å². The predicted octanol–water partition coefficient (Wildman–Crippen LogP) is 5.15. The van der Waals surface area contributed by atoms with Crippen molar-refractivity contribution in [2.75, 3.05) is 13.3 Å². The van der Waals surface area contributed by atoms with Gasteiger partial charge in [0.2, 0.25) is 0 Å². The second kappa shape index (κ2) is 7.01. The number of rotatable bonds is 6. The molecular formula is C16H9F11O3. The third kappa shape index (κ3) is 3.35. The molecule has 0 unspecified atom stereocenters. The highest BCUT2D eigenvalue weighted by molar-refractivity contribution is 6.17. The van der Waals surface area contributed by atoms with Crippen LogP contribution in [0.4, 0.5) is 48.3 Å². The first-order chi connectivity index (χ1) is 13.5. The molecule has 0 radical (unpaired) electrons. The van der Waals surface area contributed by atoms with E-state index in [1.807, 2.05) is 0 Å². The summed E-state index contributed by atoms with van der Waals surface area (Å²) in [5.74, 6) is -23.1. The molecule has 1 aliphatic heterocycles. The zero-order chi connectivity index (χ0) is 23.3. The average molecular weight is 458 g/mol. The first kappa shape index (κ1) is 23.7. The zero-order valence-corrected chi connectivity index (χ0v) is 14.1. The van der Waals surface area contributed by atoms with Gasteiger partial charge < -0.3 is 9.84 Å². The van der Waals surface area contributed by atoms with E-state index in [-0.39, 0.29) is 12.1 Å². The van der Waals surface area contributed by atoms with E-state index in [0.29, 0.717) is 12.1 Å². The summed E-state index contributed by atoms with van der Waals surface area (Å²) in [6.07, 6.45) is -6.73. The summed E-state index contributed by atoms with van der Waals surface area (Å²) in [7, 11) is 0. The molecule has 1 aromatic carbocycles. The first-order valence-corrected chi connectivity index (χ1v) is 7.59. The number of carboxylic acid groups (broad SMARTS) is 1. The van der Waals surface area contributed by atoms with Crippen LogP contribution in [-0.4, -0.2) is 48.0 Å². The molecule has 0 atom stereocenters. The third-order valence-corrected chi connectivity index (χ3v) is 4.18. The van der Waals surface area contributed by atoms with Crippen LogP contribution < -0.4 is 4.74 Å². The summed E-state index contributed by atoms with van der Waals surface area (Å²) in [5, 5.41) is 9.12. The van der Waals surface area contributed by atoms with Crippen LogP contribution >= 0.6 is 0 Å². The second-order valence-corrected chi connectivity index (χ2v) is 6.23. The molecule has 1 heterocycles. The molecule has 0 saturated heterocycles. The third-order valence-electron chi connectivity index (χ3n) is 4.18. The Morgan fingerprint density at radius 2 is 1.47 bits per heavy atom. The maximum absolute atomic E-state index is 14.1. The number of carbonyl (C=O) groups is 1. The van der Waals surface area contributed by atoms with Gasteiger partial charge in [-0.1, -0.05) is 0 Å². The number of alkyl halides is 11. The van der Waals surface area contributed by atoms with Crippen LogP contribution in [0.15, 0.2) is 24.3 Å². The van der Waals surface area contributed by atoms with Crippen molar-refractivity contribution in [3.8, 4) is 5.75 Å². The number of benzene rings is 1. The lowest BCUT2D eigenvalue weighted by Gasteiger charge is -2.35. The molecular weight excluding hydrogens is 449 g/mol. The van der Waals surface area contributed by atoms with Crippen molar-refractivity contribution < 1.29 is 62.9 Å². The van der Waals surface area contributed by atoms with Crippen molar-refractivity contribution in [1.82, 2.24) is 0 Å². The van der Waals surface area contributed by atoms with Crippen molar-refractivity contribution in [3.63, 3.8) is 0 Å². The van der Waals surface area contributed by atoms with E-state index < -0.39 is 71.3 Å². The number of hydrogen-bond acceptors (Lipinski definition) is 2. The summed E-state index contributed by atoms with van der Waals surface area (Å²) in [5.41, 5.74) is -6.70. The monoisotopic (exact) mass is 458 g/mol. The smallest absolute Gasteiger partial charge is 0.460 e. The maximum Gasteiger partial charge on any atom is 0.460 e. The lowest BCUT2D eigenvalue weighted by molar-refractivity contribution is -0.399. The van der Waals surface area contributed by atoms with Gasteiger partial charge in [0, 0.05) is 11.1 Å². The Morgan fingerprint density at radius 1 is 0.933 bits per heavy atom. The number of halogens is 11. The Bertz CT molecular complexity index is 870. The van der Waals surface area contributed by atoms with E-state index in [4.69, 9.17) is 9.84 Å². The van der Waals surface area contributed by atoms with Gasteiger partial charge in [-0.3, -0.25) is 0 Å². The number of hydrogen-bond donors (Lipinski definition) is 1. The molecule has 3 nitrogen and oxygen atoms in total. The molecule has 0 aliphatic carbocycles. The highest BCUT2D eigenvalue weighted by Crippen LogP contribution is 2.57. The van der Waals surface area contributed by atoms with Crippen molar-refractivity contribution >= 4 is 11.5 Å². The Hall–Kier alpha value is -2.54. The van der Waals surface area contributed by atoms with Gasteiger partial charge in [0.05, 0.1) is 5.57 Å². The van der Waals surface area contributed by atoms with Gasteiger partial charge in [-0.2, -0.15) is 39.5 Å². The average Bonchev–Trinajstić information content (AvgIpc) is 2.65. The number of aliphatic carboxylic acids is 1. The van der Waals surface area contributed by atoms with Crippen LogP contribution in [0.25, 0.3) is 5.57 Å². The normalized spacial score (nSPS) is 17.1. The summed E-state index contributed by atoms with van der Waals surface area (Å²) >= 11 is 0. The Labute approximate surface area is 159 Å². The quantitative estimate of drug-likeness (QED) is 0.600. The highest BCUT2D eigenvalue weighted by atomic mass is 19.4. The summed E-state index contributed by atoms with van der Waals surface area (Å²) in [6, 6.07) is 0.123. The van der Waals surface area contributed by atoms with E-state index in [1.165, 1.54) is 0 Å². The molecule has 0 aromatic heterocycles. The molecule has 0 spiro atoms. The maximum atomic E-state index is 14.1. The lowest BCUT2D eigenvalue weighted by atomic mass is 9.89. The van der Waals surface area contributed by atoms with Gasteiger partial charge in [-0.25, -0.2) is 13.6 Å². The summed E-state index contributed by atoms with van der Waals surface area (Å²) < 4.78 is 149. The van der Waals surface area contributed by atoms with Gasteiger partial charge in [0.15, 0.2) is 5.60 Å². The fourth-order valence-corrected chi connectivity index (χ4v) is 2.51. The summed E-state index contributed by atoms with van der Waals surface area (Å²) in [4.78, 5) is 11.3. The molecule has 1 N–H and O–H groups in total. The predicted molar refractivity (Wildman–Crippen MR) is 77.2 cm³/mol. The van der Waals surface area contributed by atoms with Crippen LogP contribution in [0.5, 0.6) is 5.75 Å². The molecule has 0 fully saturated rings. The Morgan fingerprint density at radius 3 is 1.90 bits per heavy atom. The zero-order valence-electron chi connectivity index (χ0n) is 14.1. The van der Waals surface area contributed by atoms with Gasteiger partial charge in [-0.15, -0.1) is 0 Å². The second-order valence-electron chi connectivity index (χ2n) is 6.23. The lowest BCUT2D eigenvalue weighted by Crippen LogP contribution is -2.59. The van der Waals surface area contributed by atoms with Crippen molar-refractivity contribution in [1.29, 1.82) is 0 Å². The van der Waals surface area contributed by atoms with Gasteiger partial charge >= 0.3 is 29.9 Å². The van der Waals surface area contributed by atoms with Gasteiger partial charge in [-0.05, 0) is 24.3 Å². The summed E-state index contributed by atoms with van der Waals surface area (Å²) in [6.45, 7) is -3.26. The topological polar surface area (TPSA) is 46.5 Å². The van der Waals surface area contributed by atoms with E-state index in [9.17, 15) is 53.1 Å². The number of carboxylic acids is 1. The largest absolute Gasteiger partial charge is 0.478 e. The molecule has 0 bridgehead atoms. The molecule has 0 saturated carbocycles. The van der Waals surface area contributed by atoms with E-state index in [0.717, 1.165) is 0 Å². The first-order valence-electron chi connectivity index (χ1n) is 7.59. The van der Waals surface area contributed by atoms with Crippen LogP contribution in [0.2, 0.25) is 0 Å². The minimum atomic E-state index is -7.15. The minimum Gasteiger partial charge on any atom is -0.478 e. The number of ether oxygens (including phenoxy) is 1. The van der Waals surface area contributed by atoms with Crippen molar-refractivity contribution in [2.24, 2.45) is 0 Å². The molecule has 14 heteroatoms. The molecule has 1 aliphatic rings. The SMILES string of the molecule is O=C(O)C1=CC(CF)(CF)Oc2ccc(C(F)(F)C(F)(F)C(F)(F)C(F)(F)F)cc21. The van der Waals surface area contributed by atoms with Crippen molar-refractivity contribution in [2.45, 2.75) is 29.5 Å². The van der Waals surface area contributed by atoms with Crippen LogP contribution in [-0.2, 0) is 10.7 Å². The molecule has 2 rings (SSSR count). The standard InChI is InChI=1S/C16H9F11O3/c17-5-12(6-18)4-9(11(28)29)8-3-7(1-2-10(8)30-12)13(19,20)14(21,22)15(23,24)16(25,26)27/h1-4H,5-6H2,(H,28,29). The van der Waals surface area contributed by atoms with Gasteiger partial charge in [0.25, 0.3) is 0 Å². The van der Waals surface area contributed by atoms with Crippen LogP contribution in [0, 0.1) is 0 Å². The van der Waals surface area contributed by atoms with Crippen LogP contribution in [0.3, 0.4) is 0 Å². The van der Waals surface area contributed by atoms with Crippen LogP contribution in [0.1, 0.15) is 11.1 Å². The fraction of sp³-hybridized carbons (Fsp3) is 0.438. The Kier molecular flexibility index (Phi) is 5.55. The molecule has 0 amide bonds. The highest BCUT2D eigenvalue weighted by Gasteiger charge is 2.82. The fourth-order valence-electron chi connectivity index (χ4n) is 2.51. The van der Waals surface area contributed by atoms with Crippen molar-refractivity contribution in [3.05, 3.63) is 35.4 Å². The Balaban J connectivity index is 2.66. The molecule has 1 aromatic rings. The van der Waals surface area contributed by atoms with Gasteiger partial charge in [0.1, 0.15) is 19.1 Å².